The van der Waals surface area contributed by atoms with Crippen molar-refractivity contribution in [1.82, 2.24) is 10.6 Å². The molecule has 3 amide bonds. The highest BCUT2D eigenvalue weighted by Gasteiger charge is 2.24. The van der Waals surface area contributed by atoms with Crippen LogP contribution in [0.4, 0.5) is 0 Å². The van der Waals surface area contributed by atoms with Crippen molar-refractivity contribution in [2.45, 2.75) is 37.8 Å². The first kappa shape index (κ1) is 22.1. The van der Waals surface area contributed by atoms with Gasteiger partial charge in [-0.1, -0.05) is 0 Å². The van der Waals surface area contributed by atoms with Gasteiger partial charge < -0.3 is 38.7 Å². The Labute approximate surface area is 144 Å². The lowest BCUT2D eigenvalue weighted by Crippen LogP contribution is -2.52. The number of carbonyl (C=O) groups excluding carboxylic acids is 3. The molecule has 0 radical (unpaired) electrons. The monoisotopic (exact) mass is 359 g/mol. The van der Waals surface area contributed by atoms with Crippen molar-refractivity contribution >= 4 is 29.7 Å². The molecule has 142 valence electrons. The van der Waals surface area contributed by atoms with E-state index in [0.717, 1.165) is 0 Å². The lowest BCUT2D eigenvalue weighted by atomic mass is 10.1. The van der Waals surface area contributed by atoms with E-state index >= 15 is 0 Å². The molecule has 0 aromatic carbocycles. The van der Waals surface area contributed by atoms with E-state index < -0.39 is 42.3 Å². The smallest absolute Gasteiger partial charge is 0.322 e. The molecule has 0 rings (SSSR count). The summed E-state index contributed by atoms with van der Waals surface area (Å²) in [5.74, 6) is -3.34. The number of hydrogen-bond donors (Lipinski definition) is 7. The van der Waals surface area contributed by atoms with E-state index in [-0.39, 0.29) is 25.2 Å². The van der Waals surface area contributed by atoms with Gasteiger partial charge in [-0.3, -0.25) is 24.2 Å². The van der Waals surface area contributed by atoms with Crippen molar-refractivity contribution < 1.29 is 24.3 Å². The Morgan fingerprint density at radius 1 is 1.04 bits per heavy atom. The van der Waals surface area contributed by atoms with Crippen LogP contribution in [0.5, 0.6) is 0 Å². The van der Waals surface area contributed by atoms with Gasteiger partial charge in [0.25, 0.3) is 0 Å². The van der Waals surface area contributed by atoms with E-state index in [4.69, 9.17) is 28.0 Å². The maximum atomic E-state index is 12.0. The van der Waals surface area contributed by atoms with Crippen LogP contribution < -0.4 is 33.6 Å². The quantitative estimate of drug-likeness (QED) is 0.104. The minimum Gasteiger partial charge on any atom is -0.480 e. The van der Waals surface area contributed by atoms with Crippen LogP contribution in [0.25, 0.3) is 0 Å². The molecule has 0 saturated carbocycles. The number of carboxylic acids is 1. The van der Waals surface area contributed by atoms with Gasteiger partial charge in [0.2, 0.25) is 17.7 Å². The molecule has 0 aliphatic heterocycles. The molecule has 2 atom stereocenters. The summed E-state index contributed by atoms with van der Waals surface area (Å²) in [6, 6.07) is -2.04. The van der Waals surface area contributed by atoms with Gasteiger partial charge in [0.1, 0.15) is 12.6 Å². The number of nitrogens with two attached hydrogens (primary N) is 4. The zero-order valence-electron chi connectivity index (χ0n) is 13.7. The predicted octanol–water partition coefficient (Wildman–Crippen LogP) is -3.68. The van der Waals surface area contributed by atoms with Crippen LogP contribution in [0, 0.1) is 0 Å². The lowest BCUT2D eigenvalue weighted by molar-refractivity contribution is -0.138. The van der Waals surface area contributed by atoms with Gasteiger partial charge in [-0.15, -0.1) is 0 Å². The summed E-state index contributed by atoms with van der Waals surface area (Å²) in [6.45, 7) is -0.320. The molecule has 12 nitrogen and oxygen atoms in total. The third-order valence-electron chi connectivity index (χ3n) is 3.03. The van der Waals surface area contributed by atoms with Crippen LogP contribution in [0.3, 0.4) is 0 Å². The van der Waals surface area contributed by atoms with Crippen LogP contribution in [-0.2, 0) is 19.2 Å². The molecule has 0 aliphatic rings. The third-order valence-corrected chi connectivity index (χ3v) is 3.03. The second-order valence-electron chi connectivity index (χ2n) is 5.23. The van der Waals surface area contributed by atoms with Crippen molar-refractivity contribution in [3.8, 4) is 0 Å². The number of nitrogens with one attached hydrogen (secondary N) is 2. The molecule has 0 spiro atoms. The zero-order chi connectivity index (χ0) is 19.4. The van der Waals surface area contributed by atoms with E-state index in [1.807, 2.05) is 0 Å². The average molecular weight is 359 g/mol. The van der Waals surface area contributed by atoms with Crippen molar-refractivity contribution in [3.05, 3.63) is 0 Å². The summed E-state index contributed by atoms with van der Waals surface area (Å²) < 4.78 is 0. The van der Waals surface area contributed by atoms with Gasteiger partial charge in [0.05, 0.1) is 6.04 Å². The molecule has 0 fully saturated rings. The summed E-state index contributed by atoms with van der Waals surface area (Å²) in [4.78, 5) is 49.1. The summed E-state index contributed by atoms with van der Waals surface area (Å²) in [5, 5.41) is 13.1. The number of nitrogens with zero attached hydrogens (tertiary/aromatic N) is 1. The van der Waals surface area contributed by atoms with Crippen molar-refractivity contribution in [2.75, 3.05) is 13.1 Å². The first-order valence-electron chi connectivity index (χ1n) is 7.52. The van der Waals surface area contributed by atoms with Gasteiger partial charge in [-0.2, -0.15) is 0 Å². The lowest BCUT2D eigenvalue weighted by Gasteiger charge is -2.20. The number of guanidine groups is 1. The molecule has 2 unspecified atom stereocenters. The number of carboxylic acid groups (broad SMARTS) is 1. The highest BCUT2D eigenvalue weighted by Crippen LogP contribution is 2.01. The van der Waals surface area contributed by atoms with Crippen LogP contribution in [-0.4, -0.2) is 59.9 Å². The van der Waals surface area contributed by atoms with Crippen LogP contribution in [0.1, 0.15) is 25.7 Å². The number of aliphatic imine (C=N–C) groups is 1. The topological polar surface area (TPSA) is 229 Å². The van der Waals surface area contributed by atoms with Crippen molar-refractivity contribution in [2.24, 2.45) is 27.9 Å². The minimum atomic E-state index is -1.25. The standard InChI is InChI=1S/C13H25N7O5/c14-7(2-1-5-18-13(16)17)11(24)20-8(3-4-9(15)21)12(25)19-6-10(22)23/h7-8H,1-6,14H2,(H2,15,21)(H,19,25)(H,20,24)(H,22,23)(H4,16,17,18). The fourth-order valence-corrected chi connectivity index (χ4v) is 1.77. The Kier molecular flexibility index (Phi) is 10.3. The van der Waals surface area contributed by atoms with E-state index in [0.29, 0.717) is 13.0 Å². The predicted molar refractivity (Wildman–Crippen MR) is 88.9 cm³/mol. The summed E-state index contributed by atoms with van der Waals surface area (Å²) in [5.41, 5.74) is 21.1. The third kappa shape index (κ3) is 11.3. The van der Waals surface area contributed by atoms with E-state index in [2.05, 4.69) is 15.6 Å². The Morgan fingerprint density at radius 3 is 2.20 bits per heavy atom. The molecule has 12 heteroatoms. The maximum Gasteiger partial charge on any atom is 0.322 e. The van der Waals surface area contributed by atoms with Crippen LogP contribution in [0.15, 0.2) is 4.99 Å². The molecule has 0 aromatic rings. The van der Waals surface area contributed by atoms with Crippen LogP contribution >= 0.6 is 0 Å². The first-order valence-corrected chi connectivity index (χ1v) is 7.52. The number of primary amides is 1. The Balaban J connectivity index is 4.60. The number of amides is 3. The number of carbonyl (C=O) groups is 4. The molecular formula is C13H25N7O5. The first-order chi connectivity index (χ1) is 11.6. The van der Waals surface area contributed by atoms with E-state index in [9.17, 15) is 19.2 Å². The second kappa shape index (κ2) is 11.6. The normalized spacial score (nSPS) is 12.5. The van der Waals surface area contributed by atoms with E-state index in [1.54, 1.807) is 0 Å². The highest BCUT2D eigenvalue weighted by molar-refractivity contribution is 5.91. The van der Waals surface area contributed by atoms with Crippen molar-refractivity contribution in [3.63, 3.8) is 0 Å². The number of rotatable bonds is 12. The van der Waals surface area contributed by atoms with Gasteiger partial charge in [-0.05, 0) is 19.3 Å². The van der Waals surface area contributed by atoms with Crippen LogP contribution in [0.2, 0.25) is 0 Å². The number of aliphatic carboxylic acids is 1. The van der Waals surface area contributed by atoms with Gasteiger partial charge in [0.15, 0.2) is 5.96 Å². The highest BCUT2D eigenvalue weighted by atomic mass is 16.4. The fraction of sp³-hybridized carbons (Fsp3) is 0.615. The molecule has 0 aliphatic carbocycles. The van der Waals surface area contributed by atoms with E-state index in [1.165, 1.54) is 0 Å². The minimum absolute atomic E-state index is 0.0698. The Hall–Kier alpha value is -2.89. The van der Waals surface area contributed by atoms with Crippen molar-refractivity contribution in [1.29, 1.82) is 0 Å². The van der Waals surface area contributed by atoms with Gasteiger partial charge in [0, 0.05) is 13.0 Å². The molecule has 11 N–H and O–H groups in total. The Bertz CT molecular complexity index is 519. The molecule has 0 heterocycles. The van der Waals surface area contributed by atoms with Gasteiger partial charge >= 0.3 is 5.97 Å². The fourth-order valence-electron chi connectivity index (χ4n) is 1.77. The molecule has 0 saturated heterocycles. The zero-order valence-corrected chi connectivity index (χ0v) is 13.7. The maximum absolute atomic E-state index is 12.0. The SMILES string of the molecule is NC(=O)CCC(NC(=O)C(N)CCCN=C(N)N)C(=O)NCC(=O)O. The second-order valence-corrected chi connectivity index (χ2v) is 5.23. The summed E-state index contributed by atoms with van der Waals surface area (Å²) in [7, 11) is 0. The van der Waals surface area contributed by atoms with Gasteiger partial charge in [-0.25, -0.2) is 0 Å². The summed E-state index contributed by atoms with van der Waals surface area (Å²) in [6.07, 6.45) is 0.476. The largest absolute Gasteiger partial charge is 0.480 e. The molecule has 25 heavy (non-hydrogen) atoms. The average Bonchev–Trinajstić information content (AvgIpc) is 2.52. The molecule has 0 bridgehead atoms. The number of hydrogen-bond acceptors (Lipinski definition) is 6. The summed E-state index contributed by atoms with van der Waals surface area (Å²) >= 11 is 0. The molecular weight excluding hydrogens is 334 g/mol. The Morgan fingerprint density at radius 2 is 1.68 bits per heavy atom. The molecule has 0 aromatic heterocycles.